The SMILES string of the molecule is COc1ccccc1[C@@H]1C(C(N)=O)=C(C)Nc2nc(-c3ccc(Cl)cc3)nn21. The van der Waals surface area contributed by atoms with E-state index >= 15 is 0 Å². The van der Waals surface area contributed by atoms with Crippen LogP contribution >= 0.6 is 11.6 Å². The second-order valence-corrected chi connectivity index (χ2v) is 6.82. The summed E-state index contributed by atoms with van der Waals surface area (Å²) in [6, 6.07) is 14.2. The van der Waals surface area contributed by atoms with Gasteiger partial charge in [0.05, 0.1) is 12.7 Å². The number of nitrogens with zero attached hydrogens (tertiary/aromatic N) is 3. The molecule has 0 unspecified atom stereocenters. The van der Waals surface area contributed by atoms with E-state index in [1.54, 1.807) is 30.8 Å². The van der Waals surface area contributed by atoms with E-state index in [9.17, 15) is 4.79 Å². The maximum Gasteiger partial charge on any atom is 0.248 e. The number of primary amides is 1. The van der Waals surface area contributed by atoms with Gasteiger partial charge in [-0.05, 0) is 37.3 Å². The summed E-state index contributed by atoms with van der Waals surface area (Å²) < 4.78 is 7.17. The molecule has 3 aromatic rings. The fraction of sp³-hybridized carbons (Fsp3) is 0.150. The topological polar surface area (TPSA) is 95.1 Å². The summed E-state index contributed by atoms with van der Waals surface area (Å²) in [6.07, 6.45) is 0. The predicted octanol–water partition coefficient (Wildman–Crippen LogP) is 3.38. The molecule has 1 aromatic heterocycles. The van der Waals surface area contributed by atoms with Crippen LogP contribution in [-0.2, 0) is 4.79 Å². The Morgan fingerprint density at radius 1 is 1.21 bits per heavy atom. The number of halogens is 1. The first-order valence-corrected chi connectivity index (χ1v) is 9.00. The van der Waals surface area contributed by atoms with Crippen molar-refractivity contribution >= 4 is 23.5 Å². The molecule has 2 heterocycles. The molecule has 1 amide bonds. The molecule has 0 radical (unpaired) electrons. The summed E-state index contributed by atoms with van der Waals surface area (Å²) >= 11 is 5.98. The zero-order valence-corrected chi connectivity index (χ0v) is 16.1. The Bertz CT molecular complexity index is 1090. The van der Waals surface area contributed by atoms with Crippen LogP contribution in [0.4, 0.5) is 5.95 Å². The normalized spacial score (nSPS) is 15.8. The summed E-state index contributed by atoms with van der Waals surface area (Å²) in [5.41, 5.74) is 8.33. The molecule has 0 fully saturated rings. The third kappa shape index (κ3) is 2.99. The van der Waals surface area contributed by atoms with Crippen LogP contribution in [-0.4, -0.2) is 27.8 Å². The van der Waals surface area contributed by atoms with Crippen LogP contribution in [0.2, 0.25) is 5.02 Å². The Kier molecular flexibility index (Phi) is 4.52. The zero-order valence-electron chi connectivity index (χ0n) is 15.3. The van der Waals surface area contributed by atoms with E-state index < -0.39 is 11.9 Å². The minimum absolute atomic E-state index is 0.407. The molecule has 0 spiro atoms. The molecule has 7 nitrogen and oxygen atoms in total. The van der Waals surface area contributed by atoms with E-state index in [4.69, 9.17) is 22.1 Å². The first kappa shape index (κ1) is 18.1. The molecule has 0 bridgehead atoms. The van der Waals surface area contributed by atoms with E-state index in [1.165, 1.54) is 0 Å². The van der Waals surface area contributed by atoms with Gasteiger partial charge in [0.25, 0.3) is 0 Å². The minimum Gasteiger partial charge on any atom is -0.496 e. The molecule has 2 aromatic carbocycles. The summed E-state index contributed by atoms with van der Waals surface area (Å²) in [5, 5.41) is 8.42. The van der Waals surface area contributed by atoms with Gasteiger partial charge < -0.3 is 15.8 Å². The number of rotatable bonds is 4. The van der Waals surface area contributed by atoms with E-state index in [2.05, 4.69) is 15.4 Å². The molecule has 142 valence electrons. The van der Waals surface area contributed by atoms with Gasteiger partial charge in [-0.1, -0.05) is 29.8 Å². The molecule has 1 aliphatic heterocycles. The summed E-state index contributed by atoms with van der Waals surface area (Å²) in [7, 11) is 1.59. The van der Waals surface area contributed by atoms with Crippen molar-refractivity contribution in [2.75, 3.05) is 12.4 Å². The van der Waals surface area contributed by atoms with Gasteiger partial charge in [0.2, 0.25) is 11.9 Å². The standard InChI is InChI=1S/C20H18ClN5O2/c1-11-16(18(22)27)17(14-5-3-4-6-15(14)28-2)26-20(23-11)24-19(25-26)12-7-9-13(21)10-8-12/h3-10,17H,1-2H3,(H2,22,27)(H,23,24,25)/t17-/m1/s1. The number of allylic oxidation sites excluding steroid dienone is 1. The first-order chi connectivity index (χ1) is 13.5. The van der Waals surface area contributed by atoms with E-state index in [1.807, 2.05) is 36.4 Å². The number of hydrogen-bond donors (Lipinski definition) is 2. The van der Waals surface area contributed by atoms with Crippen LogP contribution < -0.4 is 15.8 Å². The van der Waals surface area contributed by atoms with Gasteiger partial charge in [0.15, 0.2) is 5.82 Å². The molecular formula is C20H18ClN5O2. The summed E-state index contributed by atoms with van der Waals surface area (Å²) in [5.74, 6) is 1.13. The number of methoxy groups -OCH3 is 1. The highest BCUT2D eigenvalue weighted by molar-refractivity contribution is 6.30. The molecule has 0 aliphatic carbocycles. The fourth-order valence-corrected chi connectivity index (χ4v) is 3.50. The van der Waals surface area contributed by atoms with Crippen LogP contribution in [0.1, 0.15) is 18.5 Å². The number of carbonyl (C=O) groups is 1. The Labute approximate surface area is 166 Å². The number of fused-ring (bicyclic) bond motifs is 1. The van der Waals surface area contributed by atoms with Gasteiger partial charge in [0.1, 0.15) is 11.8 Å². The zero-order chi connectivity index (χ0) is 19.8. The van der Waals surface area contributed by atoms with E-state index in [0.717, 1.165) is 11.1 Å². The number of carbonyl (C=O) groups excluding carboxylic acids is 1. The number of nitrogens with two attached hydrogens (primary N) is 1. The summed E-state index contributed by atoms with van der Waals surface area (Å²) in [6.45, 7) is 1.79. The fourth-order valence-electron chi connectivity index (χ4n) is 3.37. The number of ether oxygens (including phenoxy) is 1. The van der Waals surface area contributed by atoms with Gasteiger partial charge in [0, 0.05) is 21.8 Å². The smallest absolute Gasteiger partial charge is 0.248 e. The number of benzene rings is 2. The highest BCUT2D eigenvalue weighted by atomic mass is 35.5. The van der Waals surface area contributed by atoms with Gasteiger partial charge >= 0.3 is 0 Å². The highest BCUT2D eigenvalue weighted by Crippen LogP contribution is 2.39. The van der Waals surface area contributed by atoms with Gasteiger partial charge in [-0.2, -0.15) is 4.98 Å². The van der Waals surface area contributed by atoms with Crippen molar-refractivity contribution in [2.45, 2.75) is 13.0 Å². The van der Waals surface area contributed by atoms with Crippen molar-refractivity contribution < 1.29 is 9.53 Å². The molecule has 0 saturated carbocycles. The number of nitrogens with one attached hydrogen (secondary N) is 1. The number of hydrogen-bond acceptors (Lipinski definition) is 5. The number of aromatic nitrogens is 3. The number of anilines is 1. The lowest BCUT2D eigenvalue weighted by Gasteiger charge is -2.28. The monoisotopic (exact) mass is 395 g/mol. The highest BCUT2D eigenvalue weighted by Gasteiger charge is 2.34. The average molecular weight is 396 g/mol. The van der Waals surface area contributed by atoms with Crippen molar-refractivity contribution in [2.24, 2.45) is 5.73 Å². The Morgan fingerprint density at radius 2 is 1.93 bits per heavy atom. The quantitative estimate of drug-likeness (QED) is 0.706. The third-order valence-electron chi connectivity index (χ3n) is 4.65. The molecular weight excluding hydrogens is 378 g/mol. The molecule has 28 heavy (non-hydrogen) atoms. The van der Waals surface area contributed by atoms with Crippen molar-refractivity contribution in [3.8, 4) is 17.1 Å². The van der Waals surface area contributed by atoms with Crippen LogP contribution in [0.15, 0.2) is 59.8 Å². The largest absolute Gasteiger partial charge is 0.496 e. The lowest BCUT2D eigenvalue weighted by molar-refractivity contribution is -0.115. The maximum atomic E-state index is 12.3. The van der Waals surface area contributed by atoms with Crippen LogP contribution in [0, 0.1) is 0 Å². The molecule has 8 heteroatoms. The van der Waals surface area contributed by atoms with Gasteiger partial charge in [-0.15, -0.1) is 5.10 Å². The second-order valence-electron chi connectivity index (χ2n) is 6.38. The van der Waals surface area contributed by atoms with Crippen LogP contribution in [0.25, 0.3) is 11.4 Å². The second kappa shape index (κ2) is 7.01. The number of para-hydroxylation sites is 1. The molecule has 1 atom stereocenters. The van der Waals surface area contributed by atoms with Gasteiger partial charge in [-0.25, -0.2) is 4.68 Å². The molecule has 3 N–H and O–H groups in total. The third-order valence-corrected chi connectivity index (χ3v) is 4.91. The molecule has 4 rings (SSSR count). The van der Waals surface area contributed by atoms with E-state index in [0.29, 0.717) is 33.8 Å². The number of amides is 1. The Balaban J connectivity index is 1.90. The molecule has 1 aliphatic rings. The lowest BCUT2D eigenvalue weighted by Crippen LogP contribution is -2.32. The summed E-state index contributed by atoms with van der Waals surface area (Å²) in [4.78, 5) is 16.9. The van der Waals surface area contributed by atoms with Crippen LogP contribution in [0.3, 0.4) is 0 Å². The minimum atomic E-state index is -0.557. The Morgan fingerprint density at radius 3 is 2.61 bits per heavy atom. The average Bonchev–Trinajstić information content (AvgIpc) is 3.10. The van der Waals surface area contributed by atoms with Crippen LogP contribution in [0.5, 0.6) is 5.75 Å². The first-order valence-electron chi connectivity index (χ1n) is 8.62. The lowest BCUT2D eigenvalue weighted by atomic mass is 9.94. The van der Waals surface area contributed by atoms with Crippen molar-refractivity contribution in [3.05, 3.63) is 70.4 Å². The maximum absolute atomic E-state index is 12.3. The predicted molar refractivity (Wildman–Crippen MR) is 107 cm³/mol. The van der Waals surface area contributed by atoms with E-state index in [-0.39, 0.29) is 0 Å². The van der Waals surface area contributed by atoms with Gasteiger partial charge in [-0.3, -0.25) is 4.79 Å². The van der Waals surface area contributed by atoms with Crippen molar-refractivity contribution in [1.82, 2.24) is 14.8 Å². The van der Waals surface area contributed by atoms with Crippen molar-refractivity contribution in [1.29, 1.82) is 0 Å². The Hall–Kier alpha value is -3.32. The van der Waals surface area contributed by atoms with Crippen molar-refractivity contribution in [3.63, 3.8) is 0 Å². The molecule has 0 saturated heterocycles.